The molecule has 0 radical (unpaired) electrons. The first-order chi connectivity index (χ1) is 13.3. The molecule has 0 bridgehead atoms. The van der Waals surface area contributed by atoms with Gasteiger partial charge < -0.3 is 14.8 Å². The van der Waals surface area contributed by atoms with E-state index in [9.17, 15) is 9.59 Å². The average molecular weight is 389 g/mol. The Hall–Kier alpha value is -2.28. The fourth-order valence-electron chi connectivity index (χ4n) is 3.88. The Morgan fingerprint density at radius 3 is 2.39 bits per heavy atom. The maximum absolute atomic E-state index is 12.9. The van der Waals surface area contributed by atoms with Crippen LogP contribution in [0.25, 0.3) is 0 Å². The lowest BCUT2D eigenvalue weighted by atomic mass is 9.92. The molecule has 1 aromatic rings. The van der Waals surface area contributed by atoms with Crippen molar-refractivity contribution in [3.8, 4) is 11.5 Å². The molecule has 2 aliphatic heterocycles. The summed E-state index contributed by atoms with van der Waals surface area (Å²) >= 11 is 0. The Kier molecular flexibility index (Phi) is 5.84. The summed E-state index contributed by atoms with van der Waals surface area (Å²) in [5, 5.41) is 2.90. The van der Waals surface area contributed by atoms with Gasteiger partial charge in [-0.25, -0.2) is 9.69 Å². The first kappa shape index (κ1) is 20.5. The minimum Gasteiger partial charge on any atom is -0.493 e. The molecule has 2 aliphatic rings. The molecule has 0 spiro atoms. The number of carbonyl (C=O) groups excluding carboxylic acids is 2. The normalized spacial score (nSPS) is 22.4. The molecule has 1 aromatic carbocycles. The first-order valence-electron chi connectivity index (χ1n) is 9.87. The highest BCUT2D eigenvalue weighted by Gasteiger charge is 2.47. The van der Waals surface area contributed by atoms with Gasteiger partial charge in [0.25, 0.3) is 5.91 Å². The lowest BCUT2D eigenvalue weighted by Gasteiger charge is -2.32. The largest absolute Gasteiger partial charge is 0.493 e. The third kappa shape index (κ3) is 3.94. The number of fused-ring (bicyclic) bond motifs is 1. The molecule has 1 atom stereocenters. The number of ether oxygens (including phenoxy) is 2. The standard InChI is InChI=1S/C21H31N3O4/c1-14(2)6-8-21(3)19(25)24(20(26)22-21)13-23-9-7-15-10-17(27-4)18(28-5)11-16(15)12-23/h10-11,14H,6-9,12-13H2,1-5H3,(H,22,26)/t21-/m0/s1. The lowest BCUT2D eigenvalue weighted by Crippen LogP contribution is -2.46. The molecule has 0 aromatic heterocycles. The second-order valence-electron chi connectivity index (χ2n) is 8.35. The van der Waals surface area contributed by atoms with Gasteiger partial charge in [-0.1, -0.05) is 13.8 Å². The van der Waals surface area contributed by atoms with Gasteiger partial charge in [-0.05, 0) is 55.4 Å². The topological polar surface area (TPSA) is 71.1 Å². The van der Waals surface area contributed by atoms with Crippen molar-refractivity contribution in [1.82, 2.24) is 15.1 Å². The first-order valence-corrected chi connectivity index (χ1v) is 9.87. The summed E-state index contributed by atoms with van der Waals surface area (Å²) in [4.78, 5) is 28.9. The number of methoxy groups -OCH3 is 2. The van der Waals surface area contributed by atoms with Crippen molar-refractivity contribution in [2.24, 2.45) is 5.92 Å². The van der Waals surface area contributed by atoms with E-state index in [2.05, 4.69) is 24.1 Å². The molecule has 28 heavy (non-hydrogen) atoms. The van der Waals surface area contributed by atoms with E-state index in [1.54, 1.807) is 14.2 Å². The molecule has 0 aliphatic carbocycles. The molecular formula is C21H31N3O4. The van der Waals surface area contributed by atoms with Crippen molar-refractivity contribution in [3.05, 3.63) is 23.3 Å². The highest BCUT2D eigenvalue weighted by Crippen LogP contribution is 2.33. The highest BCUT2D eigenvalue weighted by atomic mass is 16.5. The van der Waals surface area contributed by atoms with E-state index in [0.717, 1.165) is 30.7 Å². The fraction of sp³-hybridized carbons (Fsp3) is 0.619. The maximum atomic E-state index is 12.9. The Labute approximate surface area is 167 Å². The monoisotopic (exact) mass is 389 g/mol. The van der Waals surface area contributed by atoms with Gasteiger partial charge in [0.2, 0.25) is 0 Å². The number of imide groups is 1. The number of urea groups is 1. The molecule has 3 amide bonds. The van der Waals surface area contributed by atoms with Gasteiger partial charge in [0.05, 0.1) is 20.9 Å². The van der Waals surface area contributed by atoms with E-state index in [4.69, 9.17) is 9.47 Å². The van der Waals surface area contributed by atoms with E-state index in [-0.39, 0.29) is 11.9 Å². The number of carbonyl (C=O) groups is 2. The third-order valence-electron chi connectivity index (χ3n) is 5.71. The van der Waals surface area contributed by atoms with Gasteiger partial charge in [0.1, 0.15) is 5.54 Å². The predicted octanol–water partition coefficient (Wildman–Crippen LogP) is 2.77. The van der Waals surface area contributed by atoms with Crippen molar-refractivity contribution < 1.29 is 19.1 Å². The lowest BCUT2D eigenvalue weighted by molar-refractivity contribution is -0.132. The van der Waals surface area contributed by atoms with Crippen LogP contribution in [0.15, 0.2) is 12.1 Å². The molecule has 7 nitrogen and oxygen atoms in total. The molecule has 1 fully saturated rings. The van der Waals surface area contributed by atoms with Crippen molar-refractivity contribution in [1.29, 1.82) is 0 Å². The van der Waals surface area contributed by atoms with Crippen LogP contribution in [0.4, 0.5) is 4.79 Å². The summed E-state index contributed by atoms with van der Waals surface area (Å²) in [7, 11) is 3.25. The number of nitrogens with zero attached hydrogens (tertiary/aromatic N) is 2. The van der Waals surface area contributed by atoms with E-state index < -0.39 is 5.54 Å². The second-order valence-corrected chi connectivity index (χ2v) is 8.35. The predicted molar refractivity (Wildman–Crippen MR) is 106 cm³/mol. The minimum atomic E-state index is -0.800. The van der Waals surface area contributed by atoms with Gasteiger partial charge in [-0.3, -0.25) is 9.69 Å². The zero-order valence-electron chi connectivity index (χ0n) is 17.5. The molecule has 1 N–H and O–H groups in total. The van der Waals surface area contributed by atoms with E-state index in [1.165, 1.54) is 10.5 Å². The van der Waals surface area contributed by atoms with Gasteiger partial charge in [0.15, 0.2) is 11.5 Å². The maximum Gasteiger partial charge on any atom is 0.326 e. The van der Waals surface area contributed by atoms with Gasteiger partial charge >= 0.3 is 6.03 Å². The number of nitrogens with one attached hydrogen (secondary N) is 1. The van der Waals surface area contributed by atoms with Crippen molar-refractivity contribution in [2.75, 3.05) is 27.4 Å². The van der Waals surface area contributed by atoms with Crippen LogP contribution in [0.3, 0.4) is 0 Å². The Balaban J connectivity index is 1.70. The number of rotatable bonds is 7. The highest BCUT2D eigenvalue weighted by molar-refractivity contribution is 6.06. The van der Waals surface area contributed by atoms with Crippen LogP contribution in [0.5, 0.6) is 11.5 Å². The Bertz CT molecular complexity index is 764. The summed E-state index contributed by atoms with van der Waals surface area (Å²) in [5.74, 6) is 1.78. The van der Waals surface area contributed by atoms with Gasteiger partial charge in [0, 0.05) is 13.1 Å². The molecule has 0 unspecified atom stereocenters. The van der Waals surface area contributed by atoms with Crippen molar-refractivity contribution >= 4 is 11.9 Å². The molecule has 154 valence electrons. The van der Waals surface area contributed by atoms with Crippen LogP contribution in [-0.2, 0) is 17.8 Å². The summed E-state index contributed by atoms with van der Waals surface area (Å²) < 4.78 is 10.8. The van der Waals surface area contributed by atoms with E-state index >= 15 is 0 Å². The van der Waals surface area contributed by atoms with Crippen LogP contribution in [0.1, 0.15) is 44.7 Å². The van der Waals surface area contributed by atoms with Gasteiger partial charge in [-0.2, -0.15) is 0 Å². The summed E-state index contributed by atoms with van der Waals surface area (Å²) in [6.07, 6.45) is 2.39. The number of amides is 3. The van der Waals surface area contributed by atoms with Crippen LogP contribution >= 0.6 is 0 Å². The van der Waals surface area contributed by atoms with Crippen molar-refractivity contribution in [2.45, 2.75) is 52.1 Å². The molecule has 7 heteroatoms. The average Bonchev–Trinajstić information content (AvgIpc) is 2.88. The smallest absolute Gasteiger partial charge is 0.326 e. The van der Waals surface area contributed by atoms with Crippen LogP contribution < -0.4 is 14.8 Å². The Morgan fingerprint density at radius 2 is 1.79 bits per heavy atom. The van der Waals surface area contributed by atoms with Gasteiger partial charge in [-0.15, -0.1) is 0 Å². The van der Waals surface area contributed by atoms with Crippen LogP contribution in [-0.4, -0.2) is 54.7 Å². The molecule has 2 heterocycles. The molecule has 0 saturated carbocycles. The van der Waals surface area contributed by atoms with E-state index in [1.807, 2.05) is 19.1 Å². The van der Waals surface area contributed by atoms with Crippen molar-refractivity contribution in [3.63, 3.8) is 0 Å². The minimum absolute atomic E-state index is 0.128. The number of benzene rings is 1. The van der Waals surface area contributed by atoms with E-state index in [0.29, 0.717) is 31.3 Å². The zero-order valence-corrected chi connectivity index (χ0v) is 17.5. The summed E-state index contributed by atoms with van der Waals surface area (Å²) in [6, 6.07) is 3.70. The van der Waals surface area contributed by atoms with Crippen LogP contribution in [0.2, 0.25) is 0 Å². The molecule has 3 rings (SSSR count). The van der Waals surface area contributed by atoms with Crippen LogP contribution in [0, 0.1) is 5.92 Å². The SMILES string of the molecule is COc1cc2c(cc1OC)CN(CN1C(=O)N[C@@](C)(CCC(C)C)C1=O)CC2. The molecular weight excluding hydrogens is 358 g/mol. The summed E-state index contributed by atoms with van der Waals surface area (Å²) in [5.41, 5.74) is 1.55. The Morgan fingerprint density at radius 1 is 1.14 bits per heavy atom. The second kappa shape index (κ2) is 7.99. The quantitative estimate of drug-likeness (QED) is 0.726. The number of hydrogen-bond acceptors (Lipinski definition) is 5. The zero-order chi connectivity index (χ0) is 20.5. The molecule has 1 saturated heterocycles. The summed E-state index contributed by atoms with van der Waals surface area (Å²) in [6.45, 7) is 7.82. The third-order valence-corrected chi connectivity index (χ3v) is 5.71. The fourth-order valence-corrected chi connectivity index (χ4v) is 3.88. The number of hydrogen-bond donors (Lipinski definition) is 1.